The van der Waals surface area contributed by atoms with Crippen LogP contribution >= 0.6 is 24.0 Å². The van der Waals surface area contributed by atoms with E-state index in [1.165, 1.54) is 36.0 Å². The van der Waals surface area contributed by atoms with Crippen LogP contribution in [0, 0.1) is 12.8 Å². The first-order valence-corrected chi connectivity index (χ1v) is 11.0. The summed E-state index contributed by atoms with van der Waals surface area (Å²) in [7, 11) is 1.88. The van der Waals surface area contributed by atoms with Crippen LogP contribution in [0.5, 0.6) is 0 Å². The third-order valence-corrected chi connectivity index (χ3v) is 6.32. The lowest BCUT2D eigenvalue weighted by molar-refractivity contribution is 0.198. The molecule has 0 spiro atoms. The van der Waals surface area contributed by atoms with Crippen molar-refractivity contribution < 1.29 is 0 Å². The number of hydrogen-bond acceptors (Lipinski definition) is 2. The summed E-state index contributed by atoms with van der Waals surface area (Å²) in [4.78, 5) is 7.02. The molecule has 1 saturated carbocycles. The molecule has 4 rings (SSSR count). The number of halogens is 1. The average molecular weight is 518 g/mol. The van der Waals surface area contributed by atoms with Gasteiger partial charge < -0.3 is 10.6 Å². The molecule has 1 aliphatic carbocycles. The second kappa shape index (κ2) is 11.1. The molecule has 0 radical (unpaired) electrons. The monoisotopic (exact) mass is 518 g/mol. The first kappa shape index (κ1) is 23.1. The lowest BCUT2D eigenvalue weighted by Crippen LogP contribution is -2.48. The number of nitrogens with one attached hydrogen (secondary N) is 2. The molecule has 5 heteroatoms. The molecule has 2 atom stereocenters. The standard InChI is InChI=1S/C25H34N4.HI/c1-19-7-6-8-20(15-19)18-29-13-11-23(12-14-29)28-25(26-2)27-17-22-16-24(22)21-9-4-3-5-10-21;/h3-10,15,22-24H,11-14,16-18H2,1-2H3,(H2,26,27,28);1H. The molecule has 2 aliphatic rings. The maximum absolute atomic E-state index is 4.46. The zero-order chi connectivity index (χ0) is 20.1. The first-order chi connectivity index (χ1) is 14.2. The van der Waals surface area contributed by atoms with Crippen LogP contribution in [0.3, 0.4) is 0 Å². The van der Waals surface area contributed by atoms with Crippen LogP contribution in [-0.4, -0.2) is 43.6 Å². The minimum absolute atomic E-state index is 0. The van der Waals surface area contributed by atoms with Gasteiger partial charge in [-0.05, 0) is 49.1 Å². The van der Waals surface area contributed by atoms with Gasteiger partial charge in [0.2, 0.25) is 0 Å². The Morgan fingerprint density at radius 1 is 1.07 bits per heavy atom. The highest BCUT2D eigenvalue weighted by Gasteiger charge is 2.37. The predicted octanol–water partition coefficient (Wildman–Crippen LogP) is 4.55. The number of aliphatic imine (C=N–C) groups is 1. The van der Waals surface area contributed by atoms with Crippen molar-refractivity contribution in [1.82, 2.24) is 15.5 Å². The number of piperidine rings is 1. The fraction of sp³-hybridized carbons (Fsp3) is 0.480. The molecule has 2 aromatic carbocycles. The van der Waals surface area contributed by atoms with Crippen molar-refractivity contribution in [2.45, 2.75) is 44.7 Å². The highest BCUT2D eigenvalue weighted by molar-refractivity contribution is 14.0. The number of benzene rings is 2. The van der Waals surface area contributed by atoms with E-state index in [9.17, 15) is 0 Å². The molecular weight excluding hydrogens is 483 g/mol. The number of rotatable bonds is 6. The van der Waals surface area contributed by atoms with E-state index in [4.69, 9.17) is 0 Å². The van der Waals surface area contributed by atoms with Gasteiger partial charge in [0.1, 0.15) is 0 Å². The summed E-state index contributed by atoms with van der Waals surface area (Å²) in [6.07, 6.45) is 3.62. The third-order valence-electron chi connectivity index (χ3n) is 6.32. The zero-order valence-electron chi connectivity index (χ0n) is 18.2. The van der Waals surface area contributed by atoms with Crippen LogP contribution in [0.1, 0.15) is 41.9 Å². The van der Waals surface area contributed by atoms with Gasteiger partial charge in [-0.3, -0.25) is 9.89 Å². The fourth-order valence-corrected chi connectivity index (χ4v) is 4.50. The minimum Gasteiger partial charge on any atom is -0.356 e. The Kier molecular flexibility index (Phi) is 8.57. The molecule has 0 amide bonds. The van der Waals surface area contributed by atoms with E-state index in [2.05, 4.69) is 82.0 Å². The second-order valence-corrected chi connectivity index (χ2v) is 8.65. The van der Waals surface area contributed by atoms with Crippen LogP contribution in [-0.2, 0) is 6.54 Å². The summed E-state index contributed by atoms with van der Waals surface area (Å²) < 4.78 is 0. The maximum atomic E-state index is 4.46. The van der Waals surface area contributed by atoms with Crippen molar-refractivity contribution in [3.63, 3.8) is 0 Å². The topological polar surface area (TPSA) is 39.7 Å². The molecule has 30 heavy (non-hydrogen) atoms. The van der Waals surface area contributed by atoms with Gasteiger partial charge in [-0.15, -0.1) is 24.0 Å². The summed E-state index contributed by atoms with van der Waals surface area (Å²) in [5.74, 6) is 2.40. The van der Waals surface area contributed by atoms with Gasteiger partial charge in [-0.25, -0.2) is 0 Å². The average Bonchev–Trinajstić information content (AvgIpc) is 3.53. The van der Waals surface area contributed by atoms with Crippen molar-refractivity contribution in [3.05, 3.63) is 71.3 Å². The van der Waals surface area contributed by atoms with E-state index in [1.807, 2.05) is 7.05 Å². The van der Waals surface area contributed by atoms with Crippen molar-refractivity contribution in [3.8, 4) is 0 Å². The third kappa shape index (κ3) is 6.45. The lowest BCUT2D eigenvalue weighted by atomic mass is 10.0. The van der Waals surface area contributed by atoms with Crippen molar-refractivity contribution in [2.75, 3.05) is 26.7 Å². The largest absolute Gasteiger partial charge is 0.356 e. The molecule has 2 N–H and O–H groups in total. The van der Waals surface area contributed by atoms with Gasteiger partial charge in [0, 0.05) is 39.3 Å². The van der Waals surface area contributed by atoms with Crippen molar-refractivity contribution >= 4 is 29.9 Å². The summed E-state index contributed by atoms with van der Waals surface area (Å²) in [5, 5.41) is 7.21. The second-order valence-electron chi connectivity index (χ2n) is 8.65. The van der Waals surface area contributed by atoms with E-state index in [-0.39, 0.29) is 24.0 Å². The molecule has 2 aromatic rings. The van der Waals surface area contributed by atoms with Crippen LogP contribution in [0.25, 0.3) is 0 Å². The van der Waals surface area contributed by atoms with Gasteiger partial charge in [0.25, 0.3) is 0 Å². The first-order valence-electron chi connectivity index (χ1n) is 11.0. The molecule has 2 unspecified atom stereocenters. The highest BCUT2D eigenvalue weighted by Crippen LogP contribution is 2.46. The number of nitrogens with zero attached hydrogens (tertiary/aromatic N) is 2. The van der Waals surface area contributed by atoms with Crippen molar-refractivity contribution in [2.24, 2.45) is 10.9 Å². The summed E-state index contributed by atoms with van der Waals surface area (Å²) in [5.41, 5.74) is 4.24. The quantitative estimate of drug-likeness (QED) is 0.335. The number of likely N-dealkylation sites (tertiary alicyclic amines) is 1. The van der Waals surface area contributed by atoms with Gasteiger partial charge in [-0.2, -0.15) is 0 Å². The van der Waals surface area contributed by atoms with E-state index in [0.29, 0.717) is 12.0 Å². The van der Waals surface area contributed by atoms with Gasteiger partial charge in [0.05, 0.1) is 0 Å². The Bertz CT molecular complexity index is 815. The lowest BCUT2D eigenvalue weighted by Gasteiger charge is -2.33. The predicted molar refractivity (Wildman–Crippen MR) is 137 cm³/mol. The van der Waals surface area contributed by atoms with Gasteiger partial charge in [-0.1, -0.05) is 60.2 Å². The number of guanidine groups is 1. The van der Waals surface area contributed by atoms with Crippen LogP contribution in [0.2, 0.25) is 0 Å². The normalized spacial score (nSPS) is 22.3. The number of aryl methyl sites for hydroxylation is 1. The molecule has 1 heterocycles. The van der Waals surface area contributed by atoms with E-state index < -0.39 is 0 Å². The minimum atomic E-state index is 0. The van der Waals surface area contributed by atoms with Gasteiger partial charge in [0.15, 0.2) is 5.96 Å². The number of hydrogen-bond donors (Lipinski definition) is 2. The van der Waals surface area contributed by atoms with Crippen LogP contribution in [0.4, 0.5) is 0 Å². The smallest absolute Gasteiger partial charge is 0.191 e. The summed E-state index contributed by atoms with van der Waals surface area (Å²) in [6.45, 7) is 6.51. The molecule has 2 fully saturated rings. The van der Waals surface area contributed by atoms with E-state index >= 15 is 0 Å². The SMILES string of the molecule is CN=C(NCC1CC1c1ccccc1)NC1CCN(Cc2cccc(C)c2)CC1.I. The highest BCUT2D eigenvalue weighted by atomic mass is 127. The van der Waals surface area contributed by atoms with Gasteiger partial charge >= 0.3 is 0 Å². The molecule has 1 saturated heterocycles. The Balaban J connectivity index is 0.00000256. The summed E-state index contributed by atoms with van der Waals surface area (Å²) >= 11 is 0. The molecule has 1 aliphatic heterocycles. The molecular formula is C25H35IN4. The Morgan fingerprint density at radius 3 is 2.53 bits per heavy atom. The van der Waals surface area contributed by atoms with Crippen molar-refractivity contribution in [1.29, 1.82) is 0 Å². The molecule has 0 aromatic heterocycles. The molecule has 0 bridgehead atoms. The summed E-state index contributed by atoms with van der Waals surface area (Å²) in [6, 6.07) is 20.3. The fourth-order valence-electron chi connectivity index (χ4n) is 4.50. The van der Waals surface area contributed by atoms with Crippen LogP contribution in [0.15, 0.2) is 59.6 Å². The Labute approximate surface area is 198 Å². The van der Waals surface area contributed by atoms with Crippen LogP contribution < -0.4 is 10.6 Å². The molecule has 4 nitrogen and oxygen atoms in total. The Morgan fingerprint density at radius 2 is 1.83 bits per heavy atom. The van der Waals surface area contributed by atoms with E-state index in [0.717, 1.165) is 38.1 Å². The maximum Gasteiger partial charge on any atom is 0.191 e. The van der Waals surface area contributed by atoms with E-state index in [1.54, 1.807) is 0 Å². The Hall–Kier alpha value is -1.60. The zero-order valence-corrected chi connectivity index (χ0v) is 20.5. The molecule has 162 valence electrons.